The monoisotopic (exact) mass is 395 g/mol. The topological polar surface area (TPSA) is 83.5 Å². The highest BCUT2D eigenvalue weighted by atomic mass is 32.2. The van der Waals surface area contributed by atoms with Crippen LogP contribution in [0.25, 0.3) is 0 Å². The Morgan fingerprint density at radius 1 is 0.857 bits per heavy atom. The molecule has 28 heavy (non-hydrogen) atoms. The number of anilines is 1. The Balaban J connectivity index is 1.82. The lowest BCUT2D eigenvalue weighted by molar-refractivity contribution is 0.0695. The van der Waals surface area contributed by atoms with Crippen molar-refractivity contribution < 1.29 is 18.3 Å². The number of para-hydroxylation sites is 1. The van der Waals surface area contributed by atoms with E-state index in [1.807, 2.05) is 19.1 Å². The average molecular weight is 395 g/mol. The van der Waals surface area contributed by atoms with Gasteiger partial charge in [-0.25, -0.2) is 13.2 Å². The fourth-order valence-electron chi connectivity index (χ4n) is 2.98. The zero-order valence-corrected chi connectivity index (χ0v) is 16.2. The van der Waals surface area contributed by atoms with Gasteiger partial charge in [0.2, 0.25) is 0 Å². The summed E-state index contributed by atoms with van der Waals surface area (Å²) in [5, 5.41) is 9.32. The second-order valence-corrected chi connectivity index (χ2v) is 8.22. The third-order valence-electron chi connectivity index (χ3n) is 4.50. The van der Waals surface area contributed by atoms with Crippen molar-refractivity contribution in [3.8, 4) is 0 Å². The van der Waals surface area contributed by atoms with E-state index in [1.54, 1.807) is 60.7 Å². The first-order valence-electron chi connectivity index (χ1n) is 8.85. The van der Waals surface area contributed by atoms with Gasteiger partial charge in [0.25, 0.3) is 10.0 Å². The smallest absolute Gasteiger partial charge is 0.335 e. The van der Waals surface area contributed by atoms with Crippen LogP contribution in [0, 0.1) is 6.92 Å². The van der Waals surface area contributed by atoms with E-state index in [4.69, 9.17) is 0 Å². The first-order chi connectivity index (χ1) is 13.4. The average Bonchev–Trinajstić information content (AvgIpc) is 2.67. The van der Waals surface area contributed by atoms with Gasteiger partial charge in [0.15, 0.2) is 0 Å². The van der Waals surface area contributed by atoms with E-state index < -0.39 is 16.0 Å². The van der Waals surface area contributed by atoms with Crippen LogP contribution in [0.3, 0.4) is 0 Å². The molecule has 0 radical (unpaired) electrons. The summed E-state index contributed by atoms with van der Waals surface area (Å²) < 4.78 is 28.0. The molecule has 0 aliphatic carbocycles. The van der Waals surface area contributed by atoms with Gasteiger partial charge in [0.1, 0.15) is 0 Å². The lowest BCUT2D eigenvalue weighted by Gasteiger charge is -2.13. The zero-order chi connectivity index (χ0) is 20.1. The number of hydrogen-bond acceptors (Lipinski definition) is 3. The quantitative estimate of drug-likeness (QED) is 0.625. The van der Waals surface area contributed by atoms with E-state index in [0.29, 0.717) is 24.1 Å². The predicted molar refractivity (Wildman–Crippen MR) is 109 cm³/mol. The Labute approximate surface area is 164 Å². The maximum Gasteiger partial charge on any atom is 0.335 e. The fourth-order valence-corrected chi connectivity index (χ4v) is 4.08. The molecule has 0 aliphatic heterocycles. The summed E-state index contributed by atoms with van der Waals surface area (Å²) >= 11 is 0. The number of carboxylic acids is 1. The third-order valence-corrected chi connectivity index (χ3v) is 5.89. The molecule has 0 saturated heterocycles. The number of hydrogen-bond donors (Lipinski definition) is 2. The molecule has 144 valence electrons. The summed E-state index contributed by atoms with van der Waals surface area (Å²) in [6, 6.07) is 20.7. The Morgan fingerprint density at radius 2 is 1.43 bits per heavy atom. The first kappa shape index (κ1) is 19.6. The van der Waals surface area contributed by atoms with Gasteiger partial charge >= 0.3 is 5.97 Å². The van der Waals surface area contributed by atoms with Crippen LogP contribution in [0.15, 0.2) is 77.7 Å². The number of aryl methyl sites for hydroxylation is 3. The molecule has 0 atom stereocenters. The van der Waals surface area contributed by atoms with Crippen LogP contribution in [0.2, 0.25) is 0 Å². The standard InChI is InChI=1S/C22H21NO4S/c1-16-10-14-19(15-11-16)28(26,27)23-21-9-5-3-7-18(21)13-12-17-6-2-4-8-20(17)22(24)25/h2-11,14-15,23H,12-13H2,1H3,(H,24,25). The van der Waals surface area contributed by atoms with Crippen molar-refractivity contribution in [1.82, 2.24) is 0 Å². The van der Waals surface area contributed by atoms with Crippen molar-refractivity contribution in [2.45, 2.75) is 24.7 Å². The number of aromatic carboxylic acids is 1. The lowest BCUT2D eigenvalue weighted by atomic mass is 9.99. The SMILES string of the molecule is Cc1ccc(S(=O)(=O)Nc2ccccc2CCc2ccccc2C(=O)O)cc1. The van der Waals surface area contributed by atoms with Crippen LogP contribution in [-0.4, -0.2) is 19.5 Å². The predicted octanol–water partition coefficient (Wildman–Crippen LogP) is 4.28. The molecule has 0 aliphatic rings. The van der Waals surface area contributed by atoms with Crippen molar-refractivity contribution >= 4 is 21.7 Å². The fraction of sp³-hybridized carbons (Fsp3) is 0.136. The summed E-state index contributed by atoms with van der Waals surface area (Å²) in [6.45, 7) is 1.90. The number of sulfonamides is 1. The van der Waals surface area contributed by atoms with E-state index >= 15 is 0 Å². The molecule has 0 spiro atoms. The van der Waals surface area contributed by atoms with Gasteiger partial charge in [-0.15, -0.1) is 0 Å². The minimum atomic E-state index is -3.70. The van der Waals surface area contributed by atoms with Crippen LogP contribution in [0.4, 0.5) is 5.69 Å². The summed E-state index contributed by atoms with van der Waals surface area (Å²) in [4.78, 5) is 11.6. The molecular weight excluding hydrogens is 374 g/mol. The van der Waals surface area contributed by atoms with E-state index in [1.165, 1.54) is 0 Å². The molecule has 3 aromatic rings. The zero-order valence-electron chi connectivity index (χ0n) is 15.4. The number of benzene rings is 3. The largest absolute Gasteiger partial charge is 0.478 e. The van der Waals surface area contributed by atoms with Gasteiger partial charge in [-0.05, 0) is 55.2 Å². The summed E-state index contributed by atoms with van der Waals surface area (Å²) in [5.74, 6) is -0.969. The highest BCUT2D eigenvalue weighted by molar-refractivity contribution is 7.92. The van der Waals surface area contributed by atoms with Crippen molar-refractivity contribution in [2.24, 2.45) is 0 Å². The first-order valence-corrected chi connectivity index (χ1v) is 10.3. The Bertz CT molecular complexity index is 1090. The normalized spacial score (nSPS) is 11.2. The number of rotatable bonds is 7. The molecule has 0 unspecified atom stereocenters. The number of carbonyl (C=O) groups is 1. The molecule has 0 amide bonds. The molecule has 5 nitrogen and oxygen atoms in total. The lowest BCUT2D eigenvalue weighted by Crippen LogP contribution is -2.14. The molecule has 0 saturated carbocycles. The van der Waals surface area contributed by atoms with Gasteiger partial charge in [0.05, 0.1) is 16.1 Å². The maximum absolute atomic E-state index is 12.7. The minimum absolute atomic E-state index is 0.198. The van der Waals surface area contributed by atoms with E-state index in [0.717, 1.165) is 11.1 Å². The molecule has 0 heterocycles. The van der Waals surface area contributed by atoms with Crippen molar-refractivity contribution in [3.05, 3.63) is 95.1 Å². The van der Waals surface area contributed by atoms with Crippen molar-refractivity contribution in [1.29, 1.82) is 0 Å². The number of carboxylic acid groups (broad SMARTS) is 1. The summed E-state index contributed by atoms with van der Waals surface area (Å²) in [5.41, 5.74) is 3.26. The summed E-state index contributed by atoms with van der Waals surface area (Å²) in [6.07, 6.45) is 1.00. The third kappa shape index (κ3) is 4.58. The summed E-state index contributed by atoms with van der Waals surface area (Å²) in [7, 11) is -3.70. The molecule has 3 rings (SSSR count). The molecule has 0 fully saturated rings. The van der Waals surface area contributed by atoms with Crippen molar-refractivity contribution in [2.75, 3.05) is 4.72 Å². The molecule has 3 aromatic carbocycles. The van der Waals surface area contributed by atoms with Crippen LogP contribution in [0.5, 0.6) is 0 Å². The maximum atomic E-state index is 12.7. The second-order valence-electron chi connectivity index (χ2n) is 6.54. The van der Waals surface area contributed by atoms with E-state index in [-0.39, 0.29) is 10.5 Å². The van der Waals surface area contributed by atoms with Crippen molar-refractivity contribution in [3.63, 3.8) is 0 Å². The van der Waals surface area contributed by atoms with Gasteiger partial charge in [0, 0.05) is 0 Å². The van der Waals surface area contributed by atoms with Crippen LogP contribution in [0.1, 0.15) is 27.0 Å². The molecule has 0 aromatic heterocycles. The Morgan fingerprint density at radius 3 is 2.11 bits per heavy atom. The Kier molecular flexibility index (Phi) is 5.80. The second kappa shape index (κ2) is 8.27. The Hall–Kier alpha value is -3.12. The molecule has 6 heteroatoms. The molecular formula is C22H21NO4S. The van der Waals surface area contributed by atoms with Crippen LogP contribution >= 0.6 is 0 Å². The van der Waals surface area contributed by atoms with Gasteiger partial charge in [-0.1, -0.05) is 54.1 Å². The molecule has 0 bridgehead atoms. The number of nitrogens with one attached hydrogen (secondary N) is 1. The van der Waals surface area contributed by atoms with Crippen LogP contribution in [-0.2, 0) is 22.9 Å². The van der Waals surface area contributed by atoms with Gasteiger partial charge < -0.3 is 5.11 Å². The van der Waals surface area contributed by atoms with E-state index in [2.05, 4.69) is 4.72 Å². The van der Waals surface area contributed by atoms with Gasteiger partial charge in [-0.2, -0.15) is 0 Å². The molecule has 2 N–H and O–H groups in total. The minimum Gasteiger partial charge on any atom is -0.478 e. The van der Waals surface area contributed by atoms with Gasteiger partial charge in [-0.3, -0.25) is 4.72 Å². The highest BCUT2D eigenvalue weighted by Crippen LogP contribution is 2.22. The highest BCUT2D eigenvalue weighted by Gasteiger charge is 2.16. The van der Waals surface area contributed by atoms with Crippen LogP contribution < -0.4 is 4.72 Å². The van der Waals surface area contributed by atoms with E-state index in [9.17, 15) is 18.3 Å².